The summed E-state index contributed by atoms with van der Waals surface area (Å²) in [6.45, 7) is 3.35. The summed E-state index contributed by atoms with van der Waals surface area (Å²) in [5.41, 5.74) is 5.44. The van der Waals surface area contributed by atoms with Crippen LogP contribution in [-0.4, -0.2) is 61.6 Å². The lowest BCUT2D eigenvalue weighted by atomic mass is 10.2. The highest BCUT2D eigenvalue weighted by atomic mass is 32.1. The lowest BCUT2D eigenvalue weighted by Gasteiger charge is -2.24. The summed E-state index contributed by atoms with van der Waals surface area (Å²) < 4.78 is 34.4. The zero-order valence-corrected chi connectivity index (χ0v) is 15.1. The molecule has 1 aromatic rings. The first-order chi connectivity index (χ1) is 12.4. The molecule has 1 aromatic carbocycles. The smallest absolute Gasteiger partial charge is 0.414 e. The predicted molar refractivity (Wildman–Crippen MR) is 96.2 cm³/mol. The molecule has 1 atom stereocenters. The molecule has 0 saturated carbocycles. The topological polar surface area (TPSA) is 71.3 Å². The molecule has 7 nitrogen and oxygen atoms in total. The second kappa shape index (κ2) is 7.68. The third-order valence-electron chi connectivity index (χ3n) is 4.30. The highest BCUT2D eigenvalue weighted by molar-refractivity contribution is 7.80. The Hall–Kier alpha value is -2.04. The third kappa shape index (κ3) is 3.71. The number of nitrogens with zero attached hydrogens (tertiary/aromatic N) is 3. The number of hydroxylamine groups is 2. The molecule has 0 unspecified atom stereocenters. The van der Waals surface area contributed by atoms with Gasteiger partial charge in [0.25, 0.3) is 0 Å². The van der Waals surface area contributed by atoms with Gasteiger partial charge in [0, 0.05) is 31.8 Å². The number of amides is 1. The van der Waals surface area contributed by atoms with Crippen molar-refractivity contribution < 1.29 is 23.1 Å². The summed E-state index contributed by atoms with van der Waals surface area (Å²) in [6.07, 6.45) is -1.15. The first kappa shape index (κ1) is 18.7. The lowest BCUT2D eigenvalue weighted by molar-refractivity contribution is -0.0835. The molecule has 0 aromatic heterocycles. The number of nitrogens with two attached hydrogens (primary N) is 1. The first-order valence-corrected chi connectivity index (χ1v) is 8.64. The van der Waals surface area contributed by atoms with Crippen LogP contribution in [0.5, 0.6) is 0 Å². The molecule has 2 aliphatic rings. The average Bonchev–Trinajstić information content (AvgIpc) is 2.80. The number of thiocarbonyl (C=S) groups is 1. The Morgan fingerprint density at radius 3 is 2.58 bits per heavy atom. The fourth-order valence-electron chi connectivity index (χ4n) is 2.99. The maximum atomic E-state index is 14.7. The van der Waals surface area contributed by atoms with Crippen LogP contribution in [0.3, 0.4) is 0 Å². The fraction of sp³-hybridized carbons (Fsp3) is 0.500. The van der Waals surface area contributed by atoms with Gasteiger partial charge in [-0.25, -0.2) is 18.6 Å². The predicted octanol–water partition coefficient (Wildman–Crippen LogP) is 1.65. The first-order valence-electron chi connectivity index (χ1n) is 8.24. The number of rotatable bonds is 3. The second-order valence-electron chi connectivity index (χ2n) is 6.05. The number of hydrogen-bond donors (Lipinski definition) is 1. The van der Waals surface area contributed by atoms with Gasteiger partial charge in [0.1, 0.15) is 16.8 Å². The molecule has 2 fully saturated rings. The van der Waals surface area contributed by atoms with Crippen molar-refractivity contribution in [3.05, 3.63) is 23.8 Å². The number of halogens is 2. The maximum Gasteiger partial charge on any atom is 0.414 e. The number of benzene rings is 1. The molecule has 2 aliphatic heterocycles. The van der Waals surface area contributed by atoms with Crippen molar-refractivity contribution in [2.24, 2.45) is 5.73 Å². The van der Waals surface area contributed by atoms with Gasteiger partial charge in [-0.1, -0.05) is 12.2 Å². The molecule has 3 rings (SSSR count). The number of hydrogen-bond acceptors (Lipinski definition) is 6. The number of carbonyl (C=O) groups excluding carboxylic acids is 1. The van der Waals surface area contributed by atoms with Gasteiger partial charge in [0.05, 0.1) is 25.4 Å². The summed E-state index contributed by atoms with van der Waals surface area (Å²) in [7, 11) is 0. The third-order valence-corrected chi connectivity index (χ3v) is 4.50. The van der Waals surface area contributed by atoms with E-state index in [9.17, 15) is 13.6 Å². The minimum atomic E-state index is -0.753. The van der Waals surface area contributed by atoms with E-state index in [-0.39, 0.29) is 31.1 Å². The van der Waals surface area contributed by atoms with E-state index in [4.69, 9.17) is 27.5 Å². The van der Waals surface area contributed by atoms with Crippen molar-refractivity contribution in [3.63, 3.8) is 0 Å². The fourth-order valence-corrected chi connectivity index (χ4v) is 3.13. The van der Waals surface area contributed by atoms with Gasteiger partial charge in [0.15, 0.2) is 11.6 Å². The standard InChI is InChI=1S/C16H20F2N4O3S/c1-10(26)22-3-2-20(4-5-24-22)15-13(17)6-11(7-14(15)18)21-9-12(8-19)25-16(21)23/h6-7,12H,2-5,8-9,19H2,1H3/t12-/m0/s1. The molecule has 0 spiro atoms. The van der Waals surface area contributed by atoms with Crippen LogP contribution >= 0.6 is 12.2 Å². The minimum absolute atomic E-state index is 0.104. The van der Waals surface area contributed by atoms with Crippen LogP contribution in [0.4, 0.5) is 25.0 Å². The molecule has 0 radical (unpaired) electrons. The van der Waals surface area contributed by atoms with E-state index in [0.29, 0.717) is 24.6 Å². The zero-order valence-electron chi connectivity index (χ0n) is 14.3. The Morgan fingerprint density at radius 2 is 2.00 bits per heavy atom. The van der Waals surface area contributed by atoms with Crippen LogP contribution in [0, 0.1) is 11.6 Å². The number of anilines is 2. The molecule has 26 heavy (non-hydrogen) atoms. The number of cyclic esters (lactones) is 1. The van der Waals surface area contributed by atoms with Crippen molar-refractivity contribution >= 4 is 34.7 Å². The van der Waals surface area contributed by atoms with Crippen molar-refractivity contribution in [1.29, 1.82) is 0 Å². The van der Waals surface area contributed by atoms with E-state index in [1.54, 1.807) is 11.8 Å². The molecule has 1 amide bonds. The number of carbonyl (C=O) groups is 1. The van der Waals surface area contributed by atoms with Gasteiger partial charge in [0.2, 0.25) is 0 Å². The molecule has 0 bridgehead atoms. The monoisotopic (exact) mass is 386 g/mol. The van der Waals surface area contributed by atoms with Gasteiger partial charge in [-0.05, 0) is 6.92 Å². The lowest BCUT2D eigenvalue weighted by Crippen LogP contribution is -2.33. The summed E-state index contributed by atoms with van der Waals surface area (Å²) in [5, 5.41) is 1.53. The van der Waals surface area contributed by atoms with E-state index in [1.165, 1.54) is 9.96 Å². The normalized spacial score (nSPS) is 21.0. The van der Waals surface area contributed by atoms with E-state index in [1.807, 2.05) is 0 Å². The van der Waals surface area contributed by atoms with E-state index < -0.39 is 23.8 Å². The molecule has 10 heteroatoms. The van der Waals surface area contributed by atoms with Crippen LogP contribution in [0.25, 0.3) is 0 Å². The van der Waals surface area contributed by atoms with Crippen LogP contribution in [0.1, 0.15) is 6.92 Å². The quantitative estimate of drug-likeness (QED) is 0.792. The molecule has 142 valence electrons. The number of ether oxygens (including phenoxy) is 1. The Bertz CT molecular complexity index is 698. The summed E-state index contributed by atoms with van der Waals surface area (Å²) in [6, 6.07) is 2.26. The van der Waals surface area contributed by atoms with E-state index >= 15 is 0 Å². The Balaban J connectivity index is 1.82. The summed E-state index contributed by atoms with van der Waals surface area (Å²) in [4.78, 5) is 20.6. The van der Waals surface area contributed by atoms with Crippen molar-refractivity contribution in [2.45, 2.75) is 13.0 Å². The SMILES string of the molecule is CC(=S)N1CCN(c2c(F)cc(N3C[C@H](CN)OC3=O)cc2F)CCO1. The van der Waals surface area contributed by atoms with Gasteiger partial charge in [-0.3, -0.25) is 9.74 Å². The second-order valence-corrected chi connectivity index (χ2v) is 6.64. The van der Waals surface area contributed by atoms with E-state index in [0.717, 1.165) is 12.1 Å². The largest absolute Gasteiger partial charge is 0.443 e. The van der Waals surface area contributed by atoms with Gasteiger partial charge in [-0.15, -0.1) is 0 Å². The average molecular weight is 386 g/mol. The molecular formula is C16H20F2N4O3S. The van der Waals surface area contributed by atoms with E-state index in [2.05, 4.69) is 0 Å². The van der Waals surface area contributed by atoms with Crippen molar-refractivity contribution in [3.8, 4) is 0 Å². The van der Waals surface area contributed by atoms with Crippen LogP contribution in [0.15, 0.2) is 12.1 Å². The van der Waals surface area contributed by atoms with Crippen LogP contribution < -0.4 is 15.5 Å². The summed E-state index contributed by atoms with van der Waals surface area (Å²) in [5.74, 6) is -1.51. The maximum absolute atomic E-state index is 14.7. The Labute approximate surface area is 155 Å². The van der Waals surface area contributed by atoms with Gasteiger partial charge >= 0.3 is 6.09 Å². The minimum Gasteiger partial charge on any atom is -0.443 e. The Morgan fingerprint density at radius 1 is 1.31 bits per heavy atom. The molecule has 2 saturated heterocycles. The van der Waals surface area contributed by atoms with Gasteiger partial charge < -0.3 is 15.4 Å². The Kier molecular flexibility index (Phi) is 5.54. The molecular weight excluding hydrogens is 366 g/mol. The molecule has 2 heterocycles. The van der Waals surface area contributed by atoms with Crippen LogP contribution in [-0.2, 0) is 9.57 Å². The van der Waals surface area contributed by atoms with Crippen LogP contribution in [0.2, 0.25) is 0 Å². The highest BCUT2D eigenvalue weighted by Gasteiger charge is 2.33. The van der Waals surface area contributed by atoms with Gasteiger partial charge in [-0.2, -0.15) is 0 Å². The summed E-state index contributed by atoms with van der Waals surface area (Å²) >= 11 is 5.07. The zero-order chi connectivity index (χ0) is 18.8. The molecule has 2 N–H and O–H groups in total. The molecule has 0 aliphatic carbocycles. The van der Waals surface area contributed by atoms with Crippen molar-refractivity contribution in [2.75, 3.05) is 49.1 Å². The van der Waals surface area contributed by atoms with Crippen molar-refractivity contribution in [1.82, 2.24) is 5.06 Å². The highest BCUT2D eigenvalue weighted by Crippen LogP contribution is 2.31.